The van der Waals surface area contributed by atoms with E-state index in [1.165, 1.54) is 28.4 Å². The van der Waals surface area contributed by atoms with Gasteiger partial charge >= 0.3 is 0 Å². The molecule has 0 amide bonds. The molecule has 3 aliphatic rings. The van der Waals surface area contributed by atoms with Crippen LogP contribution in [-0.2, 0) is 14.2 Å². The van der Waals surface area contributed by atoms with E-state index < -0.39 is 24.6 Å². The molecule has 5 unspecified atom stereocenters. The van der Waals surface area contributed by atoms with Crippen molar-refractivity contribution in [2.24, 2.45) is 11.8 Å². The number of aromatic hydroxyl groups is 1. The summed E-state index contributed by atoms with van der Waals surface area (Å²) in [4.78, 5) is 0. The second kappa shape index (κ2) is 11.9. The van der Waals surface area contributed by atoms with Gasteiger partial charge in [0.05, 0.1) is 72.7 Å². The maximum Gasteiger partial charge on any atom is 0.229 e. The molecule has 0 aromatic heterocycles. The molecule has 5 rings (SSSR count). The van der Waals surface area contributed by atoms with Crippen LogP contribution >= 0.6 is 0 Å². The minimum absolute atomic E-state index is 0.0148. The van der Waals surface area contributed by atoms with Crippen LogP contribution < -0.4 is 23.7 Å². The standard InChI is InChI=1S/C28H36O12/c1-33-19-5-13(6-20(34-2)24(19)32)25-16-11-38-26(17(16)12-37-25)14-7-21(35-3)27(22(8-14)36-4)40-28-23(31)18(30)9-15(10-29)39-28/h5-8,15-18,23,25-26,28-32H,9-12H2,1-4H3/t15-,16?,17?,18-,23+,25?,26?,28?/m0/s1. The number of fused-ring (bicyclic) bond motifs is 1. The molecule has 8 atom stereocenters. The van der Waals surface area contributed by atoms with Gasteiger partial charge in [0.2, 0.25) is 17.8 Å². The number of hydrogen-bond donors (Lipinski definition) is 4. The quantitative estimate of drug-likeness (QED) is 0.350. The molecule has 12 nitrogen and oxygen atoms in total. The van der Waals surface area contributed by atoms with Crippen molar-refractivity contribution in [3.8, 4) is 34.5 Å². The summed E-state index contributed by atoms with van der Waals surface area (Å²) in [5, 5.41) is 40.5. The summed E-state index contributed by atoms with van der Waals surface area (Å²) in [7, 11) is 5.92. The number of aliphatic hydroxyl groups excluding tert-OH is 3. The lowest BCUT2D eigenvalue weighted by Crippen LogP contribution is -2.51. The van der Waals surface area contributed by atoms with Gasteiger partial charge in [0.1, 0.15) is 6.10 Å². The fourth-order valence-electron chi connectivity index (χ4n) is 5.74. The third-order valence-electron chi connectivity index (χ3n) is 7.85. The van der Waals surface area contributed by atoms with E-state index in [4.69, 9.17) is 37.9 Å². The molecule has 3 fully saturated rings. The maximum absolute atomic E-state index is 10.4. The van der Waals surface area contributed by atoms with E-state index >= 15 is 0 Å². The number of ether oxygens (including phenoxy) is 8. The Morgan fingerprint density at radius 3 is 1.70 bits per heavy atom. The number of benzene rings is 2. The molecule has 0 spiro atoms. The first-order chi connectivity index (χ1) is 19.3. The Labute approximate surface area is 231 Å². The molecule has 40 heavy (non-hydrogen) atoms. The smallest absolute Gasteiger partial charge is 0.229 e. The Bertz CT molecular complexity index is 1140. The zero-order chi connectivity index (χ0) is 28.6. The highest BCUT2D eigenvalue weighted by Crippen LogP contribution is 2.53. The van der Waals surface area contributed by atoms with E-state index in [2.05, 4.69) is 0 Å². The highest BCUT2D eigenvalue weighted by Gasteiger charge is 2.49. The predicted octanol–water partition coefficient (Wildman–Crippen LogP) is 1.71. The summed E-state index contributed by atoms with van der Waals surface area (Å²) in [6.45, 7) is 0.555. The zero-order valence-corrected chi connectivity index (χ0v) is 22.8. The Morgan fingerprint density at radius 2 is 1.25 bits per heavy atom. The van der Waals surface area contributed by atoms with Gasteiger partial charge < -0.3 is 58.3 Å². The fourth-order valence-corrected chi connectivity index (χ4v) is 5.74. The van der Waals surface area contributed by atoms with E-state index in [0.717, 1.165) is 11.1 Å². The number of phenolic OH excluding ortho intramolecular Hbond substituents is 1. The lowest BCUT2D eigenvalue weighted by Gasteiger charge is -2.36. The van der Waals surface area contributed by atoms with Crippen LogP contribution in [0.5, 0.6) is 34.5 Å². The number of hydrogen-bond acceptors (Lipinski definition) is 12. The molecule has 3 aliphatic heterocycles. The van der Waals surface area contributed by atoms with Crippen LogP contribution in [0.15, 0.2) is 24.3 Å². The van der Waals surface area contributed by atoms with Crippen LogP contribution in [0.2, 0.25) is 0 Å². The average Bonchev–Trinajstić information content (AvgIpc) is 3.58. The Hall–Kier alpha value is -3.00. The molecule has 12 heteroatoms. The van der Waals surface area contributed by atoms with Crippen molar-refractivity contribution < 1.29 is 58.3 Å². The fraction of sp³-hybridized carbons (Fsp3) is 0.571. The van der Waals surface area contributed by atoms with Crippen molar-refractivity contribution in [1.29, 1.82) is 0 Å². The van der Waals surface area contributed by atoms with Crippen LogP contribution in [-0.4, -0.2) is 93.3 Å². The molecule has 220 valence electrons. The number of methoxy groups -OCH3 is 4. The van der Waals surface area contributed by atoms with Gasteiger partial charge in [-0.15, -0.1) is 0 Å². The summed E-state index contributed by atoms with van der Waals surface area (Å²) in [5.41, 5.74) is 1.61. The monoisotopic (exact) mass is 564 g/mol. The summed E-state index contributed by atoms with van der Waals surface area (Å²) >= 11 is 0. The van der Waals surface area contributed by atoms with Gasteiger partial charge in [-0.25, -0.2) is 0 Å². The zero-order valence-electron chi connectivity index (χ0n) is 22.8. The van der Waals surface area contributed by atoms with Crippen LogP contribution in [0.4, 0.5) is 0 Å². The van der Waals surface area contributed by atoms with Crippen molar-refractivity contribution in [3.63, 3.8) is 0 Å². The van der Waals surface area contributed by atoms with Crippen molar-refractivity contribution in [2.45, 2.75) is 43.2 Å². The van der Waals surface area contributed by atoms with Gasteiger partial charge in [0.25, 0.3) is 0 Å². The maximum atomic E-state index is 10.4. The third kappa shape index (κ3) is 5.11. The molecule has 2 aromatic rings. The summed E-state index contributed by atoms with van der Waals surface area (Å²) in [6, 6.07) is 7.05. The number of rotatable bonds is 9. The van der Waals surface area contributed by atoms with Gasteiger partial charge in [-0.3, -0.25) is 0 Å². The first kappa shape index (κ1) is 28.5. The van der Waals surface area contributed by atoms with Gasteiger partial charge in [-0.05, 0) is 35.4 Å². The Morgan fingerprint density at radius 1 is 0.775 bits per heavy atom. The number of aliphatic hydroxyl groups is 3. The topological polar surface area (TPSA) is 155 Å². The molecule has 3 heterocycles. The van der Waals surface area contributed by atoms with Gasteiger partial charge in [-0.1, -0.05) is 0 Å². The molecule has 4 N–H and O–H groups in total. The highest BCUT2D eigenvalue weighted by atomic mass is 16.7. The predicted molar refractivity (Wildman–Crippen MR) is 138 cm³/mol. The second-order valence-corrected chi connectivity index (χ2v) is 10.1. The molecule has 0 radical (unpaired) electrons. The molecule has 2 aromatic carbocycles. The molecule has 0 saturated carbocycles. The average molecular weight is 565 g/mol. The highest BCUT2D eigenvalue weighted by molar-refractivity contribution is 5.55. The minimum atomic E-state index is -1.33. The lowest BCUT2D eigenvalue weighted by atomic mass is 9.84. The summed E-state index contributed by atoms with van der Waals surface area (Å²) in [6.07, 6.45) is -4.93. The van der Waals surface area contributed by atoms with E-state index in [1.807, 2.05) is 0 Å². The first-order valence-electron chi connectivity index (χ1n) is 13.1. The Kier molecular flexibility index (Phi) is 8.45. The lowest BCUT2D eigenvalue weighted by molar-refractivity contribution is -0.241. The van der Waals surface area contributed by atoms with Crippen LogP contribution in [0.25, 0.3) is 0 Å². The van der Waals surface area contributed by atoms with Crippen molar-refractivity contribution in [1.82, 2.24) is 0 Å². The minimum Gasteiger partial charge on any atom is -0.502 e. The van der Waals surface area contributed by atoms with Crippen molar-refractivity contribution >= 4 is 0 Å². The van der Waals surface area contributed by atoms with Crippen molar-refractivity contribution in [3.05, 3.63) is 35.4 Å². The van der Waals surface area contributed by atoms with E-state index in [0.29, 0.717) is 36.2 Å². The van der Waals surface area contributed by atoms with Gasteiger partial charge in [0.15, 0.2) is 23.0 Å². The largest absolute Gasteiger partial charge is 0.502 e. The van der Waals surface area contributed by atoms with Crippen LogP contribution in [0.3, 0.4) is 0 Å². The summed E-state index contributed by atoms with van der Waals surface area (Å²) in [5.74, 6) is 1.39. The van der Waals surface area contributed by atoms with Crippen LogP contribution in [0, 0.1) is 11.8 Å². The molecule has 3 saturated heterocycles. The molecule has 0 bridgehead atoms. The first-order valence-corrected chi connectivity index (χ1v) is 13.1. The van der Waals surface area contributed by atoms with E-state index in [1.54, 1.807) is 24.3 Å². The third-order valence-corrected chi connectivity index (χ3v) is 7.85. The van der Waals surface area contributed by atoms with Crippen molar-refractivity contribution in [2.75, 3.05) is 48.3 Å². The van der Waals surface area contributed by atoms with E-state index in [-0.39, 0.29) is 48.6 Å². The van der Waals surface area contributed by atoms with E-state index in [9.17, 15) is 20.4 Å². The summed E-state index contributed by atoms with van der Waals surface area (Å²) < 4.78 is 46.0. The second-order valence-electron chi connectivity index (χ2n) is 10.1. The normalized spacial score (nSPS) is 31.5. The van der Waals surface area contributed by atoms with Gasteiger partial charge in [-0.2, -0.15) is 0 Å². The van der Waals surface area contributed by atoms with Crippen LogP contribution in [0.1, 0.15) is 29.8 Å². The molecular formula is C28H36O12. The Balaban J connectivity index is 1.40. The van der Waals surface area contributed by atoms with Gasteiger partial charge in [0, 0.05) is 18.3 Å². The number of phenols is 1. The SMILES string of the molecule is COc1cc(C2OCC3C(c4cc(OC)c(OC5O[C@H](CO)C[C@H](O)[C@H]5O)c(OC)c4)OCC23)cc(OC)c1O. The molecular weight excluding hydrogens is 528 g/mol. The molecule has 0 aliphatic carbocycles.